The molecule has 0 radical (unpaired) electrons. The number of thiophene rings is 1. The van der Waals surface area contributed by atoms with Gasteiger partial charge in [-0.25, -0.2) is 24.9 Å². The molecule has 6 nitrogen and oxygen atoms in total. The van der Waals surface area contributed by atoms with Gasteiger partial charge in [0.05, 0.1) is 11.4 Å². The van der Waals surface area contributed by atoms with E-state index in [0.29, 0.717) is 23.1 Å². The van der Waals surface area contributed by atoms with E-state index < -0.39 is 0 Å². The molecular formula is C40H24N6S. The lowest BCUT2D eigenvalue weighted by Gasteiger charge is -2.11. The zero-order chi connectivity index (χ0) is 31.2. The summed E-state index contributed by atoms with van der Waals surface area (Å²) >= 11 is 1.77. The van der Waals surface area contributed by atoms with Gasteiger partial charge in [-0.05, 0) is 41.5 Å². The fourth-order valence-corrected chi connectivity index (χ4v) is 7.04. The maximum atomic E-state index is 4.94. The molecule has 0 aliphatic carbocycles. The molecule has 0 aliphatic rings. The summed E-state index contributed by atoms with van der Waals surface area (Å²) in [5.41, 5.74) is 7.14. The number of nitrogens with zero attached hydrogens (tertiary/aromatic N) is 6. The lowest BCUT2D eigenvalue weighted by Crippen LogP contribution is -2.00. The standard InChI is InChI=1S/C40H24N6S/c1-3-10-26(11-4-1)37-44-38(27-12-5-2-6-13-27)46-39(45-37)28-19-17-25(18-20-28)31-22-34(43-40-30(31)15-9-21-41-40)33-23-36-32(24-42-33)29-14-7-8-16-35(29)47-36/h1-24H. The molecular weight excluding hydrogens is 597 g/mol. The van der Waals surface area contributed by atoms with Gasteiger partial charge < -0.3 is 0 Å². The number of aromatic nitrogens is 6. The van der Waals surface area contributed by atoms with Gasteiger partial charge in [0, 0.05) is 54.6 Å². The molecule has 0 N–H and O–H groups in total. The number of hydrogen-bond donors (Lipinski definition) is 0. The van der Waals surface area contributed by atoms with Crippen LogP contribution in [0.2, 0.25) is 0 Å². The summed E-state index contributed by atoms with van der Waals surface area (Å²) in [4.78, 5) is 29.0. The summed E-state index contributed by atoms with van der Waals surface area (Å²) < 4.78 is 2.44. The van der Waals surface area contributed by atoms with Crippen molar-refractivity contribution in [1.29, 1.82) is 0 Å². The van der Waals surface area contributed by atoms with Crippen LogP contribution in [0.1, 0.15) is 0 Å². The van der Waals surface area contributed by atoms with Gasteiger partial charge in [0.2, 0.25) is 0 Å². The molecule has 0 saturated heterocycles. The van der Waals surface area contributed by atoms with E-state index in [0.717, 1.165) is 50.0 Å². The van der Waals surface area contributed by atoms with Crippen LogP contribution in [0, 0.1) is 0 Å². The predicted molar refractivity (Wildman–Crippen MR) is 191 cm³/mol. The Labute approximate surface area is 274 Å². The maximum absolute atomic E-state index is 4.94. The number of rotatable bonds is 5. The summed E-state index contributed by atoms with van der Waals surface area (Å²) in [7, 11) is 0. The molecule has 0 amide bonds. The van der Waals surface area contributed by atoms with Gasteiger partial charge in [0.15, 0.2) is 23.1 Å². The van der Waals surface area contributed by atoms with Gasteiger partial charge in [-0.1, -0.05) is 103 Å². The quantitative estimate of drug-likeness (QED) is 0.191. The average molecular weight is 621 g/mol. The summed E-state index contributed by atoms with van der Waals surface area (Å²) in [6, 6.07) is 45.1. The van der Waals surface area contributed by atoms with E-state index in [-0.39, 0.29) is 0 Å². The van der Waals surface area contributed by atoms with Crippen LogP contribution in [0.4, 0.5) is 0 Å². The second kappa shape index (κ2) is 11.3. The van der Waals surface area contributed by atoms with Crippen LogP contribution in [-0.4, -0.2) is 29.9 Å². The highest BCUT2D eigenvalue weighted by Crippen LogP contribution is 2.37. The normalized spacial score (nSPS) is 11.4. The molecule has 5 heterocycles. The Kier molecular flexibility index (Phi) is 6.54. The van der Waals surface area contributed by atoms with Crippen molar-refractivity contribution in [3.63, 3.8) is 0 Å². The fraction of sp³-hybridized carbons (Fsp3) is 0. The minimum Gasteiger partial charge on any atom is -0.254 e. The first kappa shape index (κ1) is 27.2. The van der Waals surface area contributed by atoms with Crippen LogP contribution in [-0.2, 0) is 0 Å². The van der Waals surface area contributed by atoms with Crippen molar-refractivity contribution < 1.29 is 0 Å². The monoisotopic (exact) mass is 620 g/mol. The van der Waals surface area contributed by atoms with E-state index >= 15 is 0 Å². The first-order valence-electron chi connectivity index (χ1n) is 15.3. The van der Waals surface area contributed by atoms with Gasteiger partial charge in [-0.2, -0.15) is 0 Å². The van der Waals surface area contributed by atoms with Crippen molar-refractivity contribution in [1.82, 2.24) is 29.9 Å². The Morgan fingerprint density at radius 1 is 0.404 bits per heavy atom. The van der Waals surface area contributed by atoms with E-state index in [1.807, 2.05) is 72.9 Å². The summed E-state index contributed by atoms with van der Waals surface area (Å²) in [5.74, 6) is 1.89. The van der Waals surface area contributed by atoms with Crippen LogP contribution in [0.15, 0.2) is 146 Å². The third-order valence-corrected chi connectivity index (χ3v) is 9.40. The fourth-order valence-electron chi connectivity index (χ4n) is 5.92. The molecule has 0 spiro atoms. The SMILES string of the molecule is c1ccc(-c2nc(-c3ccccc3)nc(-c3ccc(-c4cc(-c5cc6sc7ccccc7c6cn5)nc5ncccc45)cc3)n2)cc1. The number of hydrogen-bond acceptors (Lipinski definition) is 7. The predicted octanol–water partition coefficient (Wildman–Crippen LogP) is 9.91. The Hall–Kier alpha value is -6.18. The lowest BCUT2D eigenvalue weighted by atomic mass is 9.99. The molecule has 0 bridgehead atoms. The van der Waals surface area contributed by atoms with E-state index in [1.165, 1.54) is 14.8 Å². The molecule has 4 aromatic carbocycles. The Bertz CT molecular complexity index is 2510. The minimum atomic E-state index is 0.618. The molecule has 9 rings (SSSR count). The highest BCUT2D eigenvalue weighted by molar-refractivity contribution is 7.25. The Balaban J connectivity index is 1.14. The molecule has 220 valence electrons. The molecule has 0 fully saturated rings. The maximum Gasteiger partial charge on any atom is 0.164 e. The second-order valence-corrected chi connectivity index (χ2v) is 12.3. The Morgan fingerprint density at radius 3 is 1.70 bits per heavy atom. The van der Waals surface area contributed by atoms with Crippen molar-refractivity contribution in [2.75, 3.05) is 0 Å². The Morgan fingerprint density at radius 2 is 1.00 bits per heavy atom. The smallest absolute Gasteiger partial charge is 0.164 e. The molecule has 47 heavy (non-hydrogen) atoms. The molecule has 0 aliphatic heterocycles. The van der Waals surface area contributed by atoms with Crippen LogP contribution in [0.3, 0.4) is 0 Å². The highest BCUT2D eigenvalue weighted by atomic mass is 32.1. The van der Waals surface area contributed by atoms with Gasteiger partial charge in [-0.3, -0.25) is 4.98 Å². The van der Waals surface area contributed by atoms with Gasteiger partial charge in [0.25, 0.3) is 0 Å². The van der Waals surface area contributed by atoms with Crippen molar-refractivity contribution in [3.05, 3.63) is 146 Å². The number of pyridine rings is 3. The lowest BCUT2D eigenvalue weighted by molar-refractivity contribution is 1.07. The van der Waals surface area contributed by atoms with E-state index in [9.17, 15) is 0 Å². The minimum absolute atomic E-state index is 0.618. The third kappa shape index (κ3) is 4.99. The molecule has 7 heteroatoms. The van der Waals surface area contributed by atoms with Gasteiger partial charge in [0.1, 0.15) is 0 Å². The van der Waals surface area contributed by atoms with Gasteiger partial charge in [-0.15, -0.1) is 11.3 Å². The van der Waals surface area contributed by atoms with Crippen LogP contribution >= 0.6 is 11.3 Å². The second-order valence-electron chi connectivity index (χ2n) is 11.2. The number of benzene rings is 4. The van der Waals surface area contributed by atoms with E-state index in [1.54, 1.807) is 17.5 Å². The highest BCUT2D eigenvalue weighted by Gasteiger charge is 2.15. The van der Waals surface area contributed by atoms with E-state index in [2.05, 4.69) is 71.7 Å². The molecule has 5 aromatic heterocycles. The zero-order valence-corrected chi connectivity index (χ0v) is 25.8. The zero-order valence-electron chi connectivity index (χ0n) is 24.9. The topological polar surface area (TPSA) is 77.3 Å². The first-order valence-corrected chi connectivity index (χ1v) is 16.1. The number of fused-ring (bicyclic) bond motifs is 4. The van der Waals surface area contributed by atoms with E-state index in [4.69, 9.17) is 24.9 Å². The summed E-state index contributed by atoms with van der Waals surface area (Å²) in [5, 5.41) is 3.36. The van der Waals surface area contributed by atoms with Gasteiger partial charge >= 0.3 is 0 Å². The third-order valence-electron chi connectivity index (χ3n) is 8.26. The van der Waals surface area contributed by atoms with Crippen LogP contribution < -0.4 is 0 Å². The van der Waals surface area contributed by atoms with Crippen molar-refractivity contribution in [2.45, 2.75) is 0 Å². The average Bonchev–Trinajstić information content (AvgIpc) is 3.53. The summed E-state index contributed by atoms with van der Waals surface area (Å²) in [6.07, 6.45) is 3.74. The first-order chi connectivity index (χ1) is 23.3. The van der Waals surface area contributed by atoms with Crippen molar-refractivity contribution >= 4 is 42.5 Å². The molecule has 0 unspecified atom stereocenters. The largest absolute Gasteiger partial charge is 0.254 e. The van der Waals surface area contributed by atoms with Crippen LogP contribution in [0.25, 0.3) is 87.9 Å². The van der Waals surface area contributed by atoms with Crippen molar-refractivity contribution in [3.8, 4) is 56.7 Å². The molecule has 9 aromatic rings. The van der Waals surface area contributed by atoms with Crippen molar-refractivity contribution in [2.24, 2.45) is 0 Å². The molecule has 0 atom stereocenters. The summed E-state index contributed by atoms with van der Waals surface area (Å²) in [6.45, 7) is 0. The van der Waals surface area contributed by atoms with Crippen LogP contribution in [0.5, 0.6) is 0 Å². The molecule has 0 saturated carbocycles.